The van der Waals surface area contributed by atoms with E-state index in [-0.39, 0.29) is 11.5 Å². The van der Waals surface area contributed by atoms with E-state index >= 15 is 0 Å². The number of nitrogens with one attached hydrogen (secondary N) is 1. The van der Waals surface area contributed by atoms with Crippen molar-refractivity contribution in [3.05, 3.63) is 89.8 Å². The zero-order chi connectivity index (χ0) is 23.4. The van der Waals surface area contributed by atoms with Crippen molar-refractivity contribution in [1.29, 1.82) is 0 Å². The molecular formula is C25H24N4O4. The van der Waals surface area contributed by atoms with Gasteiger partial charge in [-0.05, 0) is 29.7 Å². The number of benzene rings is 2. The maximum atomic E-state index is 12.7. The second-order valence-corrected chi connectivity index (χ2v) is 7.90. The van der Waals surface area contributed by atoms with Crippen molar-refractivity contribution in [2.75, 3.05) is 7.11 Å². The van der Waals surface area contributed by atoms with Crippen LogP contribution in [0.2, 0.25) is 0 Å². The number of dihydropyridines is 1. The number of nitrogens with zero attached hydrogens (tertiary/aromatic N) is 3. The maximum absolute atomic E-state index is 12.7. The average molecular weight is 444 g/mol. The average Bonchev–Trinajstić information content (AvgIpc) is 3.33. The van der Waals surface area contributed by atoms with Gasteiger partial charge in [0.15, 0.2) is 6.17 Å². The Morgan fingerprint density at radius 3 is 2.48 bits per heavy atom. The first-order chi connectivity index (χ1) is 15.9. The van der Waals surface area contributed by atoms with Crippen molar-refractivity contribution in [2.24, 2.45) is 4.99 Å². The van der Waals surface area contributed by atoms with Crippen LogP contribution < -0.4 is 5.32 Å². The third-order valence-corrected chi connectivity index (χ3v) is 5.62. The molecule has 1 aliphatic heterocycles. The molecule has 2 unspecified atom stereocenters. The predicted octanol–water partition coefficient (Wildman–Crippen LogP) is 3.48. The highest BCUT2D eigenvalue weighted by atomic mass is 16.5. The standard InChI is InChI=1S/C25H24N4O4/c1-25(33-2)12-20(23(31)32)14-27-24(25)29-16-21(15-28-29)22(30)26-13-17-8-10-19(11-9-17)18-6-4-3-5-7-18/h3-12,14-16,24H,13H2,1-2H3,(H,26,30)(H,31,32). The molecule has 3 aromatic rings. The Kier molecular flexibility index (Phi) is 6.19. The quantitative estimate of drug-likeness (QED) is 0.580. The highest BCUT2D eigenvalue weighted by Gasteiger charge is 2.38. The Bertz CT molecular complexity index is 1210. The van der Waals surface area contributed by atoms with Crippen LogP contribution in [0.25, 0.3) is 11.1 Å². The van der Waals surface area contributed by atoms with Crippen LogP contribution in [0.15, 0.2) is 83.6 Å². The molecule has 4 rings (SSSR count). The number of methoxy groups -OCH3 is 1. The van der Waals surface area contributed by atoms with Crippen LogP contribution >= 0.6 is 0 Å². The molecule has 2 N–H and O–H groups in total. The number of amides is 1. The van der Waals surface area contributed by atoms with Crippen LogP contribution in [0.4, 0.5) is 0 Å². The molecule has 1 aromatic heterocycles. The minimum Gasteiger partial charge on any atom is -0.478 e. The van der Waals surface area contributed by atoms with E-state index in [1.165, 1.54) is 30.3 Å². The topological polar surface area (TPSA) is 106 Å². The molecule has 0 saturated carbocycles. The third-order valence-electron chi connectivity index (χ3n) is 5.62. The Morgan fingerprint density at radius 1 is 1.12 bits per heavy atom. The first kappa shape index (κ1) is 22.2. The van der Waals surface area contributed by atoms with E-state index < -0.39 is 17.7 Å². The van der Waals surface area contributed by atoms with Crippen molar-refractivity contribution < 1.29 is 19.4 Å². The summed E-state index contributed by atoms with van der Waals surface area (Å²) in [5.41, 5.74) is 2.62. The number of carboxylic acids is 1. The summed E-state index contributed by atoms with van der Waals surface area (Å²) in [5, 5.41) is 16.4. The number of rotatable bonds is 7. The number of aliphatic carboxylic acids is 1. The van der Waals surface area contributed by atoms with Crippen LogP contribution in [0.3, 0.4) is 0 Å². The lowest BCUT2D eigenvalue weighted by Gasteiger charge is -2.33. The molecule has 0 fully saturated rings. The molecule has 2 aromatic carbocycles. The number of carbonyl (C=O) groups excluding carboxylic acids is 1. The van der Waals surface area contributed by atoms with Crippen molar-refractivity contribution in [3.63, 3.8) is 0 Å². The number of hydrogen-bond acceptors (Lipinski definition) is 5. The van der Waals surface area contributed by atoms with Gasteiger partial charge in [-0.1, -0.05) is 54.6 Å². The molecule has 168 valence electrons. The lowest BCUT2D eigenvalue weighted by Crippen LogP contribution is -2.39. The summed E-state index contributed by atoms with van der Waals surface area (Å²) in [6.45, 7) is 2.10. The molecule has 1 aliphatic rings. The smallest absolute Gasteiger partial charge is 0.337 e. The molecule has 2 atom stereocenters. The van der Waals surface area contributed by atoms with E-state index in [0.717, 1.165) is 16.7 Å². The number of carbonyl (C=O) groups is 2. The van der Waals surface area contributed by atoms with Gasteiger partial charge < -0.3 is 15.2 Å². The Labute approximate surface area is 191 Å². The fraction of sp³-hybridized carbons (Fsp3) is 0.200. The van der Waals surface area contributed by atoms with Gasteiger partial charge in [0.25, 0.3) is 5.91 Å². The lowest BCUT2D eigenvalue weighted by atomic mass is 9.96. The van der Waals surface area contributed by atoms with Crippen LogP contribution in [0.1, 0.15) is 29.0 Å². The first-order valence-electron chi connectivity index (χ1n) is 10.4. The molecule has 8 heteroatoms. The normalized spacial score (nSPS) is 19.7. The lowest BCUT2D eigenvalue weighted by molar-refractivity contribution is -0.132. The molecule has 0 saturated heterocycles. The molecule has 1 amide bonds. The molecular weight excluding hydrogens is 420 g/mol. The van der Waals surface area contributed by atoms with Gasteiger partial charge in [-0.3, -0.25) is 9.79 Å². The van der Waals surface area contributed by atoms with Crippen LogP contribution in [-0.2, 0) is 16.1 Å². The number of aromatic nitrogens is 2. The summed E-state index contributed by atoms with van der Waals surface area (Å²) in [6.07, 6.45) is 5.15. The second kappa shape index (κ2) is 9.22. The zero-order valence-corrected chi connectivity index (χ0v) is 18.3. The van der Waals surface area contributed by atoms with Gasteiger partial charge in [0, 0.05) is 26.1 Å². The largest absolute Gasteiger partial charge is 0.478 e. The van der Waals surface area contributed by atoms with E-state index in [4.69, 9.17) is 4.74 Å². The Balaban J connectivity index is 1.41. The van der Waals surface area contributed by atoms with Crippen molar-refractivity contribution in [3.8, 4) is 11.1 Å². The summed E-state index contributed by atoms with van der Waals surface area (Å²) in [7, 11) is 1.48. The number of ether oxygens (including phenoxy) is 1. The van der Waals surface area contributed by atoms with E-state index in [2.05, 4.69) is 27.5 Å². The third kappa shape index (κ3) is 4.75. The highest BCUT2D eigenvalue weighted by molar-refractivity contribution is 6.09. The summed E-state index contributed by atoms with van der Waals surface area (Å²) >= 11 is 0. The molecule has 2 heterocycles. The van der Waals surface area contributed by atoms with Crippen LogP contribution in [0.5, 0.6) is 0 Å². The van der Waals surface area contributed by atoms with Crippen molar-refractivity contribution in [2.45, 2.75) is 25.2 Å². The van der Waals surface area contributed by atoms with Crippen LogP contribution in [-0.4, -0.2) is 45.7 Å². The minimum absolute atomic E-state index is 0.0407. The van der Waals surface area contributed by atoms with Gasteiger partial charge >= 0.3 is 5.97 Å². The van der Waals surface area contributed by atoms with Gasteiger partial charge in [0.05, 0.1) is 17.3 Å². The fourth-order valence-corrected chi connectivity index (χ4v) is 3.65. The van der Waals surface area contributed by atoms with Crippen LogP contribution in [0, 0.1) is 0 Å². The molecule has 33 heavy (non-hydrogen) atoms. The summed E-state index contributed by atoms with van der Waals surface area (Å²) in [5.74, 6) is -1.35. The fourth-order valence-electron chi connectivity index (χ4n) is 3.65. The summed E-state index contributed by atoms with van der Waals surface area (Å²) < 4.78 is 7.03. The summed E-state index contributed by atoms with van der Waals surface area (Å²) in [6, 6.07) is 18.1. The van der Waals surface area contributed by atoms with Gasteiger partial charge in [0.2, 0.25) is 0 Å². The van der Waals surface area contributed by atoms with E-state index in [1.54, 1.807) is 13.1 Å². The zero-order valence-electron chi connectivity index (χ0n) is 18.3. The molecule has 0 bridgehead atoms. The van der Waals surface area contributed by atoms with Crippen molar-refractivity contribution >= 4 is 18.1 Å². The van der Waals surface area contributed by atoms with Crippen molar-refractivity contribution in [1.82, 2.24) is 15.1 Å². The van der Waals surface area contributed by atoms with Gasteiger partial charge in [-0.2, -0.15) is 5.10 Å². The maximum Gasteiger partial charge on any atom is 0.337 e. The predicted molar refractivity (Wildman–Crippen MR) is 124 cm³/mol. The van der Waals surface area contributed by atoms with E-state index in [0.29, 0.717) is 12.1 Å². The molecule has 0 aliphatic carbocycles. The number of hydrogen-bond donors (Lipinski definition) is 2. The van der Waals surface area contributed by atoms with E-state index in [1.807, 2.05) is 42.5 Å². The minimum atomic E-state index is -1.09. The SMILES string of the molecule is COC1(C)C=C(C(=O)O)C=NC1n1cc(C(=O)NCc2ccc(-c3ccccc3)cc2)cn1. The Hall–Kier alpha value is -4.04. The second-order valence-electron chi connectivity index (χ2n) is 7.90. The molecule has 0 spiro atoms. The number of aliphatic imine (C=N–C) groups is 1. The first-order valence-corrected chi connectivity index (χ1v) is 10.4. The Morgan fingerprint density at radius 2 is 1.82 bits per heavy atom. The monoisotopic (exact) mass is 444 g/mol. The van der Waals surface area contributed by atoms with E-state index in [9.17, 15) is 14.7 Å². The van der Waals surface area contributed by atoms with Gasteiger partial charge in [-0.15, -0.1) is 0 Å². The van der Waals surface area contributed by atoms with Gasteiger partial charge in [0.1, 0.15) is 5.60 Å². The molecule has 0 radical (unpaired) electrons. The molecule has 8 nitrogen and oxygen atoms in total. The highest BCUT2D eigenvalue weighted by Crippen LogP contribution is 2.32. The summed E-state index contributed by atoms with van der Waals surface area (Å²) in [4.78, 5) is 28.2. The number of carboxylic acid groups (broad SMARTS) is 1. The van der Waals surface area contributed by atoms with Gasteiger partial charge in [-0.25, -0.2) is 9.48 Å².